The van der Waals surface area contributed by atoms with Gasteiger partial charge in [0.2, 0.25) is 0 Å². The molecular formula is C16H24N2O. The molecule has 0 saturated carbocycles. The average molecular weight is 260 g/mol. The van der Waals surface area contributed by atoms with E-state index in [0.29, 0.717) is 11.5 Å². The predicted octanol–water partition coefficient (Wildman–Crippen LogP) is 3.27. The van der Waals surface area contributed by atoms with Crippen molar-refractivity contribution < 1.29 is 4.74 Å². The van der Waals surface area contributed by atoms with E-state index in [4.69, 9.17) is 10.00 Å². The van der Waals surface area contributed by atoms with Gasteiger partial charge in [-0.3, -0.25) is 0 Å². The van der Waals surface area contributed by atoms with Crippen LogP contribution in [0.25, 0.3) is 0 Å². The summed E-state index contributed by atoms with van der Waals surface area (Å²) in [5, 5.41) is 12.3. The summed E-state index contributed by atoms with van der Waals surface area (Å²) in [7, 11) is 0. The Morgan fingerprint density at radius 1 is 1.26 bits per heavy atom. The van der Waals surface area contributed by atoms with E-state index in [0.717, 1.165) is 31.7 Å². The normalized spacial score (nSPS) is 12.4. The lowest BCUT2D eigenvalue weighted by Crippen LogP contribution is -2.23. The van der Waals surface area contributed by atoms with Crippen LogP contribution in [0.1, 0.15) is 44.4 Å². The van der Waals surface area contributed by atoms with E-state index in [9.17, 15) is 0 Å². The molecule has 0 spiro atoms. The maximum Gasteiger partial charge on any atom is 0.0991 e. The summed E-state index contributed by atoms with van der Waals surface area (Å²) in [5.74, 6) is 0.695. The number of benzene rings is 1. The Kier molecular flexibility index (Phi) is 7.17. The van der Waals surface area contributed by atoms with Crippen molar-refractivity contribution in [1.82, 2.24) is 5.32 Å². The first-order valence-corrected chi connectivity index (χ1v) is 6.94. The minimum Gasteiger partial charge on any atom is -0.380 e. The smallest absolute Gasteiger partial charge is 0.0991 e. The Bertz CT molecular complexity index is 409. The van der Waals surface area contributed by atoms with E-state index in [-0.39, 0.29) is 6.04 Å². The van der Waals surface area contributed by atoms with Crippen molar-refractivity contribution in [3.8, 4) is 6.07 Å². The van der Waals surface area contributed by atoms with Crippen molar-refractivity contribution in [2.45, 2.75) is 33.2 Å². The maximum absolute atomic E-state index is 8.87. The van der Waals surface area contributed by atoms with Gasteiger partial charge in [-0.1, -0.05) is 26.0 Å². The lowest BCUT2D eigenvalue weighted by atomic mass is 10.1. The van der Waals surface area contributed by atoms with Crippen molar-refractivity contribution in [2.75, 3.05) is 19.8 Å². The van der Waals surface area contributed by atoms with Gasteiger partial charge in [0.1, 0.15) is 0 Å². The fourth-order valence-electron chi connectivity index (χ4n) is 1.76. The standard InChI is InChI=1S/C16H24N2O/c1-13(2)7-9-19-10-8-18-14(3)16-6-4-5-15(11-16)12-17/h4-6,11,13-14,18H,7-10H2,1-3H3. The molecule has 1 rings (SSSR count). The van der Waals surface area contributed by atoms with Gasteiger partial charge in [0, 0.05) is 19.2 Å². The molecule has 0 saturated heterocycles. The molecule has 1 aromatic carbocycles. The SMILES string of the molecule is CC(C)CCOCCNC(C)c1cccc(C#N)c1. The van der Waals surface area contributed by atoms with Crippen LogP contribution in [-0.2, 0) is 4.74 Å². The highest BCUT2D eigenvalue weighted by atomic mass is 16.5. The topological polar surface area (TPSA) is 45.0 Å². The summed E-state index contributed by atoms with van der Waals surface area (Å²) < 4.78 is 5.56. The molecule has 0 aliphatic carbocycles. The number of nitriles is 1. The van der Waals surface area contributed by atoms with Gasteiger partial charge in [0.25, 0.3) is 0 Å². The largest absolute Gasteiger partial charge is 0.380 e. The van der Waals surface area contributed by atoms with Crippen LogP contribution in [0.2, 0.25) is 0 Å². The van der Waals surface area contributed by atoms with E-state index < -0.39 is 0 Å². The number of ether oxygens (including phenoxy) is 1. The van der Waals surface area contributed by atoms with Crippen LogP contribution in [0.3, 0.4) is 0 Å². The predicted molar refractivity (Wildman–Crippen MR) is 77.8 cm³/mol. The summed E-state index contributed by atoms with van der Waals surface area (Å²) in [6.45, 7) is 8.89. The summed E-state index contributed by atoms with van der Waals surface area (Å²) in [5.41, 5.74) is 1.85. The van der Waals surface area contributed by atoms with E-state index in [1.54, 1.807) is 0 Å². The first-order chi connectivity index (χ1) is 9.13. The Labute approximate surface area is 116 Å². The van der Waals surface area contributed by atoms with Gasteiger partial charge in [-0.2, -0.15) is 5.26 Å². The van der Waals surface area contributed by atoms with Gasteiger partial charge in [-0.05, 0) is 37.0 Å². The summed E-state index contributed by atoms with van der Waals surface area (Å²) in [6, 6.07) is 10.1. The van der Waals surface area contributed by atoms with Crippen LogP contribution in [0, 0.1) is 17.2 Å². The quantitative estimate of drug-likeness (QED) is 0.730. The number of nitrogens with one attached hydrogen (secondary N) is 1. The lowest BCUT2D eigenvalue weighted by molar-refractivity contribution is 0.123. The summed E-state index contributed by atoms with van der Waals surface area (Å²) in [4.78, 5) is 0. The number of hydrogen-bond acceptors (Lipinski definition) is 3. The zero-order valence-corrected chi connectivity index (χ0v) is 12.1. The maximum atomic E-state index is 8.87. The van der Waals surface area contributed by atoms with Crippen LogP contribution in [-0.4, -0.2) is 19.8 Å². The van der Waals surface area contributed by atoms with Crippen LogP contribution in [0.5, 0.6) is 0 Å². The monoisotopic (exact) mass is 260 g/mol. The number of rotatable bonds is 8. The second-order valence-corrected chi connectivity index (χ2v) is 5.21. The van der Waals surface area contributed by atoms with Crippen LogP contribution >= 0.6 is 0 Å². The Morgan fingerprint density at radius 2 is 2.05 bits per heavy atom. The number of hydrogen-bond donors (Lipinski definition) is 1. The van der Waals surface area contributed by atoms with Gasteiger partial charge >= 0.3 is 0 Å². The summed E-state index contributed by atoms with van der Waals surface area (Å²) in [6.07, 6.45) is 1.11. The Hall–Kier alpha value is -1.37. The van der Waals surface area contributed by atoms with Crippen molar-refractivity contribution in [3.05, 3.63) is 35.4 Å². The van der Waals surface area contributed by atoms with E-state index in [1.807, 2.05) is 24.3 Å². The Balaban J connectivity index is 2.24. The van der Waals surface area contributed by atoms with E-state index in [1.165, 1.54) is 0 Å². The van der Waals surface area contributed by atoms with Crippen molar-refractivity contribution >= 4 is 0 Å². The minimum atomic E-state index is 0.238. The molecule has 0 radical (unpaired) electrons. The molecule has 19 heavy (non-hydrogen) atoms. The van der Waals surface area contributed by atoms with Gasteiger partial charge in [-0.25, -0.2) is 0 Å². The third-order valence-corrected chi connectivity index (χ3v) is 3.05. The molecule has 0 heterocycles. The van der Waals surface area contributed by atoms with Gasteiger partial charge < -0.3 is 10.1 Å². The molecule has 0 aliphatic heterocycles. The fourth-order valence-corrected chi connectivity index (χ4v) is 1.76. The molecule has 1 atom stereocenters. The van der Waals surface area contributed by atoms with Crippen molar-refractivity contribution in [2.24, 2.45) is 5.92 Å². The molecule has 0 fully saturated rings. The average Bonchev–Trinajstić information content (AvgIpc) is 2.42. The third-order valence-electron chi connectivity index (χ3n) is 3.05. The minimum absolute atomic E-state index is 0.238. The van der Waals surface area contributed by atoms with Gasteiger partial charge in [0.05, 0.1) is 18.2 Å². The van der Waals surface area contributed by atoms with Crippen LogP contribution in [0.15, 0.2) is 24.3 Å². The fraction of sp³-hybridized carbons (Fsp3) is 0.562. The van der Waals surface area contributed by atoms with E-state index >= 15 is 0 Å². The highest BCUT2D eigenvalue weighted by Crippen LogP contribution is 2.13. The molecule has 1 unspecified atom stereocenters. The molecule has 0 bridgehead atoms. The summed E-state index contributed by atoms with van der Waals surface area (Å²) >= 11 is 0. The Morgan fingerprint density at radius 3 is 2.74 bits per heavy atom. The highest BCUT2D eigenvalue weighted by molar-refractivity contribution is 5.33. The molecule has 0 aromatic heterocycles. The van der Waals surface area contributed by atoms with Crippen LogP contribution in [0.4, 0.5) is 0 Å². The first kappa shape index (κ1) is 15.7. The molecule has 1 aromatic rings. The third kappa shape index (κ3) is 6.37. The molecule has 3 nitrogen and oxygen atoms in total. The first-order valence-electron chi connectivity index (χ1n) is 6.94. The zero-order valence-electron chi connectivity index (χ0n) is 12.1. The zero-order chi connectivity index (χ0) is 14.1. The van der Waals surface area contributed by atoms with Crippen LogP contribution < -0.4 is 5.32 Å². The highest BCUT2D eigenvalue weighted by Gasteiger charge is 2.04. The van der Waals surface area contributed by atoms with E-state index in [2.05, 4.69) is 32.2 Å². The molecule has 1 N–H and O–H groups in total. The lowest BCUT2D eigenvalue weighted by Gasteiger charge is -2.14. The van der Waals surface area contributed by atoms with Gasteiger partial charge in [0.15, 0.2) is 0 Å². The second-order valence-electron chi connectivity index (χ2n) is 5.21. The van der Waals surface area contributed by atoms with Crippen molar-refractivity contribution in [1.29, 1.82) is 5.26 Å². The molecule has 104 valence electrons. The molecule has 0 amide bonds. The van der Waals surface area contributed by atoms with Gasteiger partial charge in [-0.15, -0.1) is 0 Å². The second kappa shape index (κ2) is 8.68. The van der Waals surface area contributed by atoms with Crippen molar-refractivity contribution in [3.63, 3.8) is 0 Å². The molecular weight excluding hydrogens is 236 g/mol. The molecule has 3 heteroatoms. The molecule has 0 aliphatic rings. The number of nitrogens with zero attached hydrogens (tertiary/aromatic N) is 1.